The van der Waals surface area contributed by atoms with Crippen LogP contribution in [-0.4, -0.2) is 66.5 Å². The van der Waals surface area contributed by atoms with Crippen molar-refractivity contribution < 1.29 is 9.59 Å². The van der Waals surface area contributed by atoms with Gasteiger partial charge in [0.2, 0.25) is 5.91 Å². The normalized spacial score (nSPS) is 32.6. The van der Waals surface area contributed by atoms with Crippen molar-refractivity contribution in [2.75, 3.05) is 32.7 Å². The smallest absolute Gasteiger partial charge is 0.317 e. The fourth-order valence-corrected chi connectivity index (χ4v) is 2.92. The summed E-state index contributed by atoms with van der Waals surface area (Å²) in [4.78, 5) is 27.4. The molecule has 2 N–H and O–H groups in total. The summed E-state index contributed by atoms with van der Waals surface area (Å²) in [6, 6.07) is 0.189. The molecule has 17 heavy (non-hydrogen) atoms. The van der Waals surface area contributed by atoms with Gasteiger partial charge in [0.1, 0.15) is 0 Å². The molecule has 3 saturated heterocycles. The lowest BCUT2D eigenvalue weighted by atomic mass is 10.1. The van der Waals surface area contributed by atoms with Gasteiger partial charge in [-0.2, -0.15) is 0 Å². The predicted octanol–water partition coefficient (Wildman–Crippen LogP) is -1.03. The number of urea groups is 1. The first-order valence-electron chi connectivity index (χ1n) is 6.32. The van der Waals surface area contributed by atoms with Crippen molar-refractivity contribution in [3.05, 3.63) is 0 Å². The van der Waals surface area contributed by atoms with E-state index in [1.165, 1.54) is 0 Å². The van der Waals surface area contributed by atoms with Crippen LogP contribution in [0.1, 0.15) is 12.8 Å². The molecular weight excluding hydrogens is 220 g/mol. The first-order valence-corrected chi connectivity index (χ1v) is 6.32. The molecule has 0 aromatic carbocycles. The van der Waals surface area contributed by atoms with E-state index in [-0.39, 0.29) is 24.0 Å². The number of rotatable bonds is 1. The summed E-state index contributed by atoms with van der Waals surface area (Å²) in [6.45, 7) is 3.62. The fourth-order valence-electron chi connectivity index (χ4n) is 2.92. The van der Waals surface area contributed by atoms with Crippen LogP contribution in [0.5, 0.6) is 0 Å². The van der Waals surface area contributed by atoms with E-state index < -0.39 is 0 Å². The first kappa shape index (κ1) is 10.8. The van der Waals surface area contributed by atoms with E-state index in [9.17, 15) is 9.59 Å². The Hall–Kier alpha value is -1.30. The number of nitrogens with one attached hydrogen (secondary N) is 2. The van der Waals surface area contributed by atoms with Gasteiger partial charge in [0.15, 0.2) is 0 Å². The molecule has 0 saturated carbocycles. The molecule has 94 valence electrons. The quantitative estimate of drug-likeness (QED) is 0.614. The average Bonchev–Trinajstić information content (AvgIpc) is 2.98. The molecular formula is C11H18N4O2. The van der Waals surface area contributed by atoms with E-state index in [2.05, 4.69) is 10.6 Å². The van der Waals surface area contributed by atoms with Gasteiger partial charge >= 0.3 is 6.03 Å². The summed E-state index contributed by atoms with van der Waals surface area (Å²) in [5, 5.41) is 6.06. The Morgan fingerprint density at radius 1 is 1.35 bits per heavy atom. The van der Waals surface area contributed by atoms with Crippen LogP contribution < -0.4 is 10.6 Å². The minimum absolute atomic E-state index is 0.00612. The SMILES string of the molecule is O=C(C1CCCN1)N1CCN2C(=O)NCC2C1. The Morgan fingerprint density at radius 2 is 2.24 bits per heavy atom. The number of piperazine rings is 1. The summed E-state index contributed by atoms with van der Waals surface area (Å²) in [5.41, 5.74) is 0. The third-order valence-electron chi connectivity index (χ3n) is 3.90. The Kier molecular flexibility index (Phi) is 2.66. The molecule has 2 unspecified atom stereocenters. The minimum Gasteiger partial charge on any atom is -0.337 e. The zero-order valence-corrected chi connectivity index (χ0v) is 9.82. The van der Waals surface area contributed by atoms with Crippen molar-refractivity contribution in [1.82, 2.24) is 20.4 Å². The van der Waals surface area contributed by atoms with Gasteiger partial charge in [0.25, 0.3) is 0 Å². The van der Waals surface area contributed by atoms with E-state index >= 15 is 0 Å². The van der Waals surface area contributed by atoms with Gasteiger partial charge in [-0.15, -0.1) is 0 Å². The van der Waals surface area contributed by atoms with Crippen molar-refractivity contribution >= 4 is 11.9 Å². The van der Waals surface area contributed by atoms with Crippen molar-refractivity contribution in [2.45, 2.75) is 24.9 Å². The van der Waals surface area contributed by atoms with Gasteiger partial charge in [0.05, 0.1) is 12.1 Å². The minimum atomic E-state index is 0.00612. The molecule has 2 atom stereocenters. The zero-order valence-electron chi connectivity index (χ0n) is 9.82. The van der Waals surface area contributed by atoms with Crippen LogP contribution in [0.4, 0.5) is 4.79 Å². The number of fused-ring (bicyclic) bond motifs is 1. The summed E-state index contributed by atoms with van der Waals surface area (Å²) >= 11 is 0. The lowest BCUT2D eigenvalue weighted by Crippen LogP contribution is -2.56. The van der Waals surface area contributed by atoms with Gasteiger partial charge in [-0.05, 0) is 19.4 Å². The Balaban J connectivity index is 1.62. The van der Waals surface area contributed by atoms with Crippen molar-refractivity contribution in [1.29, 1.82) is 0 Å². The van der Waals surface area contributed by atoms with Gasteiger partial charge in [-0.3, -0.25) is 4.79 Å². The Bertz CT molecular complexity index is 340. The number of hydrogen-bond acceptors (Lipinski definition) is 3. The molecule has 0 radical (unpaired) electrons. The molecule has 6 nitrogen and oxygen atoms in total. The lowest BCUT2D eigenvalue weighted by molar-refractivity contribution is -0.135. The maximum absolute atomic E-state index is 12.2. The molecule has 3 fully saturated rings. The highest BCUT2D eigenvalue weighted by atomic mass is 16.2. The number of carbonyl (C=O) groups excluding carboxylic acids is 2. The zero-order chi connectivity index (χ0) is 11.8. The fraction of sp³-hybridized carbons (Fsp3) is 0.818. The van der Waals surface area contributed by atoms with E-state index in [0.29, 0.717) is 26.2 Å². The van der Waals surface area contributed by atoms with Crippen molar-refractivity contribution in [3.63, 3.8) is 0 Å². The second kappa shape index (κ2) is 4.18. The van der Waals surface area contributed by atoms with Crippen molar-refractivity contribution in [2.24, 2.45) is 0 Å². The van der Waals surface area contributed by atoms with Crippen LogP contribution >= 0.6 is 0 Å². The molecule has 0 aliphatic carbocycles. The largest absolute Gasteiger partial charge is 0.337 e. The molecule has 0 spiro atoms. The van der Waals surface area contributed by atoms with E-state index in [1.54, 1.807) is 0 Å². The van der Waals surface area contributed by atoms with E-state index in [4.69, 9.17) is 0 Å². The van der Waals surface area contributed by atoms with Crippen LogP contribution in [0.15, 0.2) is 0 Å². The molecule has 3 aliphatic heterocycles. The van der Waals surface area contributed by atoms with Crippen LogP contribution in [0.3, 0.4) is 0 Å². The topological polar surface area (TPSA) is 64.7 Å². The lowest BCUT2D eigenvalue weighted by Gasteiger charge is -2.37. The molecule has 0 aromatic rings. The van der Waals surface area contributed by atoms with Gasteiger partial charge in [0, 0.05) is 26.2 Å². The number of carbonyl (C=O) groups is 2. The number of amides is 3. The molecule has 3 rings (SSSR count). The summed E-state index contributed by atoms with van der Waals surface area (Å²) in [5.74, 6) is 0.210. The van der Waals surface area contributed by atoms with Gasteiger partial charge in [-0.25, -0.2) is 4.79 Å². The standard InChI is InChI=1S/C11H18N4O2/c16-10(9-2-1-3-12-9)14-4-5-15-8(7-14)6-13-11(15)17/h8-9,12H,1-7H2,(H,13,17). The Labute approximate surface area is 100 Å². The second-order valence-electron chi connectivity index (χ2n) is 4.97. The van der Waals surface area contributed by atoms with Gasteiger partial charge in [-0.1, -0.05) is 0 Å². The molecule has 0 bridgehead atoms. The monoisotopic (exact) mass is 238 g/mol. The molecule has 3 amide bonds. The van der Waals surface area contributed by atoms with Crippen LogP contribution in [0.2, 0.25) is 0 Å². The van der Waals surface area contributed by atoms with E-state index in [1.807, 2.05) is 9.80 Å². The third kappa shape index (κ3) is 1.86. The third-order valence-corrected chi connectivity index (χ3v) is 3.90. The van der Waals surface area contributed by atoms with Crippen LogP contribution in [-0.2, 0) is 4.79 Å². The van der Waals surface area contributed by atoms with E-state index in [0.717, 1.165) is 19.4 Å². The maximum atomic E-state index is 12.2. The maximum Gasteiger partial charge on any atom is 0.317 e. The summed E-state index contributed by atoms with van der Waals surface area (Å²) in [7, 11) is 0. The molecule has 3 heterocycles. The molecule has 3 aliphatic rings. The number of nitrogens with zero attached hydrogens (tertiary/aromatic N) is 2. The second-order valence-corrected chi connectivity index (χ2v) is 4.97. The first-order chi connectivity index (χ1) is 8.25. The highest BCUT2D eigenvalue weighted by Crippen LogP contribution is 2.16. The highest BCUT2D eigenvalue weighted by Gasteiger charge is 2.38. The number of hydrogen-bond donors (Lipinski definition) is 2. The van der Waals surface area contributed by atoms with Crippen LogP contribution in [0.25, 0.3) is 0 Å². The molecule has 6 heteroatoms. The summed E-state index contributed by atoms with van der Waals surface area (Å²) in [6.07, 6.45) is 2.03. The van der Waals surface area contributed by atoms with Crippen molar-refractivity contribution in [3.8, 4) is 0 Å². The molecule has 0 aromatic heterocycles. The van der Waals surface area contributed by atoms with Crippen LogP contribution in [0, 0.1) is 0 Å². The van der Waals surface area contributed by atoms with Gasteiger partial charge < -0.3 is 20.4 Å². The predicted molar refractivity (Wildman–Crippen MR) is 61.5 cm³/mol. The average molecular weight is 238 g/mol. The summed E-state index contributed by atoms with van der Waals surface area (Å²) < 4.78 is 0. The highest BCUT2D eigenvalue weighted by molar-refractivity contribution is 5.83. The Morgan fingerprint density at radius 3 is 3.00 bits per heavy atom.